The van der Waals surface area contributed by atoms with E-state index in [0.717, 1.165) is 38.8 Å². The maximum atomic E-state index is 15.8. The number of benzene rings is 2. The van der Waals surface area contributed by atoms with Gasteiger partial charge in [-0.2, -0.15) is 0 Å². The van der Waals surface area contributed by atoms with Crippen LogP contribution in [0.4, 0.5) is 8.63 Å². The lowest BCUT2D eigenvalue weighted by Gasteiger charge is -2.34. The quantitative estimate of drug-likeness (QED) is 0.501. The summed E-state index contributed by atoms with van der Waals surface area (Å²) >= 11 is 0. The number of hydrogen-bond donors (Lipinski definition) is 0. The van der Waals surface area contributed by atoms with Crippen molar-refractivity contribution >= 4 is 29.0 Å². The van der Waals surface area contributed by atoms with Crippen molar-refractivity contribution in [3.63, 3.8) is 0 Å². The van der Waals surface area contributed by atoms with Gasteiger partial charge in [-0.3, -0.25) is 0 Å². The molecule has 0 aliphatic carbocycles. The zero-order valence-corrected chi connectivity index (χ0v) is 17.8. The maximum Gasteiger partial charge on any atom is 0.737 e. The van der Waals surface area contributed by atoms with Crippen LogP contribution in [-0.2, 0) is 0 Å². The minimum absolute atomic E-state index is 0.569. The van der Waals surface area contributed by atoms with Gasteiger partial charge in [0.2, 0.25) is 0 Å². The fourth-order valence-corrected chi connectivity index (χ4v) is 5.22. The van der Waals surface area contributed by atoms with Crippen molar-refractivity contribution in [2.75, 3.05) is 7.11 Å². The maximum absolute atomic E-state index is 15.8. The minimum Gasteiger partial charge on any atom is -0.496 e. The zero-order chi connectivity index (χ0) is 21.4. The molecule has 0 atom stereocenters. The zero-order valence-electron chi connectivity index (χ0n) is 17.8. The first kappa shape index (κ1) is 18.9. The van der Waals surface area contributed by atoms with E-state index < -0.39 is 6.97 Å². The summed E-state index contributed by atoms with van der Waals surface area (Å²) in [5, 5.41) is 1.95. The van der Waals surface area contributed by atoms with Gasteiger partial charge in [-0.1, -0.05) is 24.3 Å². The van der Waals surface area contributed by atoms with Gasteiger partial charge in [0.15, 0.2) is 5.70 Å². The van der Waals surface area contributed by atoms with Crippen LogP contribution in [0.5, 0.6) is 5.75 Å². The van der Waals surface area contributed by atoms with Crippen LogP contribution in [-0.4, -0.2) is 28.8 Å². The average Bonchev–Trinajstić information content (AvgIpc) is 3.18. The van der Waals surface area contributed by atoms with Gasteiger partial charge in [0.05, 0.1) is 12.7 Å². The number of rotatable bonds is 2. The van der Waals surface area contributed by atoms with Gasteiger partial charge in [-0.25, -0.2) is 0 Å². The van der Waals surface area contributed by atoms with Crippen LogP contribution in [0.1, 0.15) is 36.4 Å². The molecule has 0 unspecified atom stereocenters. The number of fused-ring (bicyclic) bond motifs is 3. The Morgan fingerprint density at radius 2 is 1.67 bits per heavy atom. The second kappa shape index (κ2) is 6.18. The molecule has 0 spiro atoms. The molecule has 30 heavy (non-hydrogen) atoms. The molecule has 2 aliphatic heterocycles. The van der Waals surface area contributed by atoms with E-state index in [1.165, 1.54) is 8.96 Å². The first-order valence-corrected chi connectivity index (χ1v) is 10.1. The van der Waals surface area contributed by atoms with Crippen molar-refractivity contribution in [1.82, 2.24) is 4.48 Å². The lowest BCUT2D eigenvalue weighted by Crippen LogP contribution is -2.51. The number of hydrogen-bond acceptors (Lipinski definition) is 1. The number of aromatic nitrogens is 1. The minimum atomic E-state index is -3.97. The second-order valence-corrected chi connectivity index (χ2v) is 8.20. The average molecular weight is 404 g/mol. The molecule has 3 heterocycles. The van der Waals surface area contributed by atoms with Crippen molar-refractivity contribution < 1.29 is 17.9 Å². The third kappa shape index (κ3) is 2.27. The molecule has 3 nitrogen and oxygen atoms in total. The van der Waals surface area contributed by atoms with Crippen molar-refractivity contribution in [1.29, 1.82) is 0 Å². The first-order chi connectivity index (χ1) is 14.3. The molecule has 0 bridgehead atoms. The summed E-state index contributed by atoms with van der Waals surface area (Å²) in [4.78, 5) is 0. The molecular formula is C24H23BF2N2O. The molecule has 0 fully saturated rings. The summed E-state index contributed by atoms with van der Waals surface area (Å²) in [6.45, 7) is 3.37. The second-order valence-electron chi connectivity index (χ2n) is 8.20. The highest BCUT2D eigenvalue weighted by molar-refractivity contribution is 6.58. The van der Waals surface area contributed by atoms with E-state index in [2.05, 4.69) is 0 Å². The SMILES string of the molecule is COc1ccc(C2=C3C(C)=CC(C)=[N+]3[B-](F)(F)n3c(C)cc(C)c32)c2ccccc12. The first-order valence-electron chi connectivity index (χ1n) is 10.1. The lowest BCUT2D eigenvalue weighted by atomic mass is 9.82. The van der Waals surface area contributed by atoms with Gasteiger partial charge in [-0.05, 0) is 61.2 Å². The highest BCUT2D eigenvalue weighted by Crippen LogP contribution is 2.46. The Kier molecular flexibility index (Phi) is 3.88. The molecule has 3 aromatic rings. The number of ether oxygens (including phenoxy) is 1. The van der Waals surface area contributed by atoms with Crippen LogP contribution in [0.15, 0.2) is 59.8 Å². The summed E-state index contributed by atoms with van der Waals surface area (Å²) in [5.41, 5.74) is 5.82. The van der Waals surface area contributed by atoms with Crippen molar-refractivity contribution in [2.24, 2.45) is 0 Å². The van der Waals surface area contributed by atoms with Gasteiger partial charge < -0.3 is 22.3 Å². The highest BCUT2D eigenvalue weighted by Gasteiger charge is 2.55. The van der Waals surface area contributed by atoms with E-state index in [4.69, 9.17) is 4.74 Å². The van der Waals surface area contributed by atoms with E-state index >= 15 is 8.63 Å². The Bertz CT molecular complexity index is 1340. The van der Waals surface area contributed by atoms with Crippen LogP contribution < -0.4 is 4.74 Å². The number of methoxy groups -OCH3 is 1. The van der Waals surface area contributed by atoms with E-state index in [9.17, 15) is 0 Å². The largest absolute Gasteiger partial charge is 0.737 e. The number of aryl methyl sites for hydroxylation is 2. The van der Waals surface area contributed by atoms with Gasteiger partial charge >= 0.3 is 6.97 Å². The number of halogens is 2. The van der Waals surface area contributed by atoms with Crippen LogP contribution in [0.25, 0.3) is 16.3 Å². The molecule has 0 amide bonds. The highest BCUT2D eigenvalue weighted by atomic mass is 19.2. The third-order valence-electron chi connectivity index (χ3n) is 6.31. The van der Waals surface area contributed by atoms with Crippen molar-refractivity contribution in [3.05, 3.63) is 82.3 Å². The Morgan fingerprint density at radius 3 is 2.37 bits per heavy atom. The summed E-state index contributed by atoms with van der Waals surface area (Å²) in [6, 6.07) is 13.7. The summed E-state index contributed by atoms with van der Waals surface area (Å²) in [5.74, 6) is 0.770. The topological polar surface area (TPSA) is 17.2 Å². The Labute approximate surface area is 174 Å². The molecule has 6 heteroatoms. The molecule has 0 saturated carbocycles. The van der Waals surface area contributed by atoms with Crippen LogP contribution in [0.2, 0.25) is 0 Å². The van der Waals surface area contributed by atoms with Crippen LogP contribution in [0.3, 0.4) is 0 Å². The van der Waals surface area contributed by atoms with Gasteiger partial charge in [-0.15, -0.1) is 0 Å². The molecule has 5 rings (SSSR count). The summed E-state index contributed by atoms with van der Waals surface area (Å²) in [6.07, 6.45) is 1.85. The Balaban J connectivity index is 1.98. The number of allylic oxidation sites excluding steroid dienone is 2. The van der Waals surface area contributed by atoms with E-state index in [1.54, 1.807) is 21.0 Å². The third-order valence-corrected chi connectivity index (χ3v) is 6.31. The van der Waals surface area contributed by atoms with Gasteiger partial charge in [0, 0.05) is 29.7 Å². The smallest absolute Gasteiger partial charge is 0.496 e. The monoisotopic (exact) mass is 404 g/mol. The summed E-state index contributed by atoms with van der Waals surface area (Å²) < 4.78 is 39.7. The molecule has 2 aliphatic rings. The number of nitrogens with zero attached hydrogens (tertiary/aromatic N) is 2. The molecule has 1 aromatic heterocycles. The van der Waals surface area contributed by atoms with Gasteiger partial charge in [0.1, 0.15) is 11.5 Å². The standard InChI is InChI=1S/C24H23BF2N2O/c1-14-12-16(3)28-23(14)22(24-15(2)13-17(4)29(24)25(28,26)27)20-10-11-21(30-5)19-9-7-6-8-18(19)20/h6-13H,1-5H3. The van der Waals surface area contributed by atoms with Crippen molar-refractivity contribution in [3.8, 4) is 5.75 Å². The molecule has 152 valence electrons. The normalized spacial score (nSPS) is 17.4. The molecule has 0 N–H and O–H groups in total. The van der Waals surface area contributed by atoms with Crippen LogP contribution in [0, 0.1) is 13.8 Å². The predicted octanol–water partition coefficient (Wildman–Crippen LogP) is 5.70. The van der Waals surface area contributed by atoms with E-state index in [-0.39, 0.29) is 0 Å². The lowest BCUT2D eigenvalue weighted by molar-refractivity contribution is -0.363. The molecule has 0 saturated heterocycles. The molecule has 0 radical (unpaired) electrons. The molecule has 2 aromatic carbocycles. The molecular weight excluding hydrogens is 381 g/mol. The van der Waals surface area contributed by atoms with Gasteiger partial charge in [0.25, 0.3) is 0 Å². The predicted molar refractivity (Wildman–Crippen MR) is 118 cm³/mol. The Morgan fingerprint density at radius 1 is 0.967 bits per heavy atom. The van der Waals surface area contributed by atoms with Crippen LogP contribution >= 0.6 is 0 Å². The van der Waals surface area contributed by atoms with E-state index in [0.29, 0.717) is 22.8 Å². The Hall–Kier alpha value is -3.15. The fourth-order valence-electron chi connectivity index (χ4n) is 5.22. The summed E-state index contributed by atoms with van der Waals surface area (Å²) in [7, 11) is 1.65. The van der Waals surface area contributed by atoms with Crippen molar-refractivity contribution in [2.45, 2.75) is 27.7 Å². The van der Waals surface area contributed by atoms with E-state index in [1.807, 2.05) is 62.4 Å². The fraction of sp³-hybridized carbons (Fsp3) is 0.208.